The number of aliphatic hydroxyl groups excluding tert-OH is 1. The molecule has 0 bridgehead atoms. The van der Waals surface area contributed by atoms with Crippen molar-refractivity contribution in [3.63, 3.8) is 0 Å². The van der Waals surface area contributed by atoms with E-state index in [1.807, 2.05) is 6.92 Å². The number of hydrogen-bond donors (Lipinski definition) is 3. The maximum absolute atomic E-state index is 12.3. The van der Waals surface area contributed by atoms with Crippen molar-refractivity contribution in [3.05, 3.63) is 11.6 Å². The van der Waals surface area contributed by atoms with Gasteiger partial charge in [0.2, 0.25) is 0 Å². The third-order valence-corrected chi connectivity index (χ3v) is 10.9. The number of aliphatic carboxylic acids is 1. The predicted octanol–water partition coefficient (Wildman–Crippen LogP) is 2.99. The van der Waals surface area contributed by atoms with E-state index in [0.29, 0.717) is 18.8 Å². The van der Waals surface area contributed by atoms with Gasteiger partial charge >= 0.3 is 17.9 Å². The summed E-state index contributed by atoms with van der Waals surface area (Å²) >= 11 is 0. The molecule has 4 aliphatic carbocycles. The second-order valence-corrected chi connectivity index (χ2v) is 12.1. The summed E-state index contributed by atoms with van der Waals surface area (Å²) in [5.41, 5.74) is -0.875. The van der Waals surface area contributed by atoms with Gasteiger partial charge in [0.05, 0.1) is 24.5 Å². The number of carboxylic acid groups (broad SMARTS) is 1. The molecular formula is C27H38O8. The maximum atomic E-state index is 12.3. The van der Waals surface area contributed by atoms with E-state index in [1.165, 1.54) is 0 Å². The molecule has 0 amide bonds. The van der Waals surface area contributed by atoms with Crippen LogP contribution in [0.5, 0.6) is 0 Å². The molecule has 1 aliphatic heterocycles. The fourth-order valence-corrected chi connectivity index (χ4v) is 8.91. The number of carbonyl (C=O) groups excluding carboxylic acids is 2. The number of carboxylic acids is 1. The van der Waals surface area contributed by atoms with Crippen LogP contribution >= 0.6 is 0 Å². The van der Waals surface area contributed by atoms with E-state index < -0.39 is 29.1 Å². The third-order valence-electron chi connectivity index (χ3n) is 10.9. The maximum Gasteiger partial charge on any atom is 0.331 e. The zero-order chi connectivity index (χ0) is 25.2. The van der Waals surface area contributed by atoms with Gasteiger partial charge in [-0.05, 0) is 86.0 Å². The van der Waals surface area contributed by atoms with Crippen LogP contribution in [0, 0.1) is 34.5 Å². The molecule has 4 saturated carbocycles. The van der Waals surface area contributed by atoms with Crippen LogP contribution in [0.1, 0.15) is 78.1 Å². The molecule has 0 aromatic heterocycles. The number of fused-ring (bicyclic) bond motifs is 5. The van der Waals surface area contributed by atoms with Gasteiger partial charge in [0.1, 0.15) is 12.7 Å². The zero-order valence-electron chi connectivity index (χ0n) is 20.7. The van der Waals surface area contributed by atoms with E-state index in [4.69, 9.17) is 14.6 Å². The van der Waals surface area contributed by atoms with E-state index in [9.17, 15) is 24.6 Å². The highest BCUT2D eigenvalue weighted by molar-refractivity contribution is 5.85. The first-order valence-electron chi connectivity index (χ1n) is 13.2. The van der Waals surface area contributed by atoms with Crippen LogP contribution in [0.3, 0.4) is 0 Å². The van der Waals surface area contributed by atoms with Gasteiger partial charge in [-0.15, -0.1) is 0 Å². The summed E-state index contributed by atoms with van der Waals surface area (Å²) in [5, 5.41) is 32.7. The van der Waals surface area contributed by atoms with Crippen LogP contribution in [0.25, 0.3) is 0 Å². The lowest BCUT2D eigenvalue weighted by molar-refractivity contribution is -0.245. The Labute approximate surface area is 206 Å². The molecule has 194 valence electrons. The van der Waals surface area contributed by atoms with Crippen LogP contribution < -0.4 is 0 Å². The minimum atomic E-state index is -1.00. The minimum Gasteiger partial charge on any atom is -0.481 e. The summed E-state index contributed by atoms with van der Waals surface area (Å²) in [6, 6.07) is 0. The summed E-state index contributed by atoms with van der Waals surface area (Å²) in [4.78, 5) is 34.6. The van der Waals surface area contributed by atoms with Gasteiger partial charge in [-0.1, -0.05) is 13.8 Å². The number of cyclic esters (lactones) is 1. The standard InChI is InChI=1S/C27H38O8/c1-25-9-7-17(35-23(31)6-5-22(29)30)12-16(25)3-4-19-20(25)13-21(28)26(2)18(8-10-27(19,26)33)15-11-24(32)34-14-15/h11,16-21,28,33H,3-10,12-14H2,1-2H3,(H,29,30)/t16-,17-,18-,19-,20+,21+,25+,26+,27+/m1/s1. The average molecular weight is 491 g/mol. The Kier molecular flexibility index (Phi) is 6.07. The van der Waals surface area contributed by atoms with Gasteiger partial charge in [0.15, 0.2) is 0 Å². The SMILES string of the molecule is C[C@]12CC[C@@H](OC(=O)CCC(=O)O)C[C@H]1CC[C@@H]1[C@@H]2C[C@H](O)[C@]2(C)[C@@H](C3=CC(=O)OC3)CC[C@]12O. The zero-order valence-corrected chi connectivity index (χ0v) is 20.7. The van der Waals surface area contributed by atoms with Crippen LogP contribution in [0.2, 0.25) is 0 Å². The molecule has 9 atom stereocenters. The van der Waals surface area contributed by atoms with Crippen molar-refractivity contribution in [2.75, 3.05) is 6.61 Å². The van der Waals surface area contributed by atoms with E-state index in [0.717, 1.165) is 44.1 Å². The normalized spacial score (nSPS) is 46.6. The minimum absolute atomic E-state index is 0.0608. The molecule has 4 fully saturated rings. The lowest BCUT2D eigenvalue weighted by atomic mass is 9.42. The van der Waals surface area contributed by atoms with Crippen LogP contribution in [0.15, 0.2) is 11.6 Å². The van der Waals surface area contributed by atoms with Crippen molar-refractivity contribution >= 4 is 17.9 Å². The molecule has 3 N–H and O–H groups in total. The second-order valence-electron chi connectivity index (χ2n) is 12.1. The Morgan fingerprint density at radius 2 is 1.86 bits per heavy atom. The first-order valence-corrected chi connectivity index (χ1v) is 13.2. The molecule has 0 spiro atoms. The summed E-state index contributed by atoms with van der Waals surface area (Å²) in [6.45, 7) is 4.55. The van der Waals surface area contributed by atoms with Gasteiger partial charge in [-0.3, -0.25) is 9.59 Å². The first kappa shape index (κ1) is 24.8. The third kappa shape index (κ3) is 3.74. The Morgan fingerprint density at radius 3 is 2.54 bits per heavy atom. The summed E-state index contributed by atoms with van der Waals surface area (Å²) in [5.74, 6) is -1.28. The number of esters is 2. The molecule has 5 aliphatic rings. The Morgan fingerprint density at radius 1 is 1.09 bits per heavy atom. The summed E-state index contributed by atoms with van der Waals surface area (Å²) < 4.78 is 10.8. The predicted molar refractivity (Wildman–Crippen MR) is 124 cm³/mol. The molecule has 5 rings (SSSR count). The summed E-state index contributed by atoms with van der Waals surface area (Å²) in [7, 11) is 0. The number of rotatable bonds is 5. The van der Waals surface area contributed by atoms with Crippen molar-refractivity contribution in [2.24, 2.45) is 34.5 Å². The highest BCUT2D eigenvalue weighted by Gasteiger charge is 2.70. The molecule has 8 heteroatoms. The molecule has 0 radical (unpaired) electrons. The van der Waals surface area contributed by atoms with Gasteiger partial charge in [-0.25, -0.2) is 4.79 Å². The highest BCUT2D eigenvalue weighted by Crippen LogP contribution is 2.70. The van der Waals surface area contributed by atoms with Crippen molar-refractivity contribution in [3.8, 4) is 0 Å². The lowest BCUT2D eigenvalue weighted by Gasteiger charge is -2.65. The van der Waals surface area contributed by atoms with E-state index in [-0.39, 0.29) is 54.7 Å². The quantitative estimate of drug-likeness (QED) is 0.502. The van der Waals surface area contributed by atoms with Gasteiger partial charge in [-0.2, -0.15) is 0 Å². The second kappa shape index (κ2) is 8.58. The van der Waals surface area contributed by atoms with Crippen molar-refractivity contribution in [2.45, 2.75) is 95.9 Å². The molecule has 0 saturated heterocycles. The Bertz CT molecular complexity index is 943. The van der Waals surface area contributed by atoms with Crippen molar-refractivity contribution in [1.82, 2.24) is 0 Å². The average Bonchev–Trinajstić information content (AvgIpc) is 3.34. The van der Waals surface area contributed by atoms with E-state index in [2.05, 4.69) is 6.92 Å². The van der Waals surface area contributed by atoms with Crippen LogP contribution in [0.4, 0.5) is 0 Å². The lowest BCUT2D eigenvalue weighted by Crippen LogP contribution is -2.67. The number of aliphatic hydroxyl groups is 2. The monoisotopic (exact) mass is 490 g/mol. The number of hydrogen-bond acceptors (Lipinski definition) is 7. The largest absolute Gasteiger partial charge is 0.481 e. The van der Waals surface area contributed by atoms with E-state index in [1.54, 1.807) is 6.08 Å². The Balaban J connectivity index is 1.33. The number of carbonyl (C=O) groups is 3. The molecule has 0 unspecified atom stereocenters. The van der Waals surface area contributed by atoms with Crippen LogP contribution in [-0.4, -0.2) is 57.6 Å². The molecule has 0 aromatic carbocycles. The molecular weight excluding hydrogens is 452 g/mol. The highest BCUT2D eigenvalue weighted by atomic mass is 16.5. The molecule has 8 nitrogen and oxygen atoms in total. The van der Waals surface area contributed by atoms with Gasteiger partial charge in [0.25, 0.3) is 0 Å². The van der Waals surface area contributed by atoms with Crippen molar-refractivity contribution in [1.29, 1.82) is 0 Å². The van der Waals surface area contributed by atoms with Crippen LogP contribution in [-0.2, 0) is 23.9 Å². The fourth-order valence-electron chi connectivity index (χ4n) is 8.91. The van der Waals surface area contributed by atoms with Gasteiger partial charge < -0.3 is 24.8 Å². The van der Waals surface area contributed by atoms with Gasteiger partial charge in [0, 0.05) is 11.5 Å². The molecule has 1 heterocycles. The topological polar surface area (TPSA) is 130 Å². The number of ether oxygens (including phenoxy) is 2. The Hall–Kier alpha value is -1.93. The summed E-state index contributed by atoms with van der Waals surface area (Å²) in [6.07, 6.45) is 6.45. The first-order chi connectivity index (χ1) is 16.5. The van der Waals surface area contributed by atoms with E-state index >= 15 is 0 Å². The molecule has 0 aromatic rings. The smallest absolute Gasteiger partial charge is 0.331 e. The van der Waals surface area contributed by atoms with Crippen molar-refractivity contribution < 1.29 is 39.2 Å². The molecule has 35 heavy (non-hydrogen) atoms. The fraction of sp³-hybridized carbons (Fsp3) is 0.815.